The van der Waals surface area contributed by atoms with Gasteiger partial charge in [-0.25, -0.2) is 15.0 Å². The predicted octanol–water partition coefficient (Wildman–Crippen LogP) is 5.52. The summed E-state index contributed by atoms with van der Waals surface area (Å²) in [5.74, 6) is 0.717. The number of aliphatic carboxylic acids is 1. The van der Waals surface area contributed by atoms with Crippen molar-refractivity contribution >= 4 is 17.3 Å². The van der Waals surface area contributed by atoms with Crippen molar-refractivity contribution in [3.8, 4) is 27.7 Å². The summed E-state index contributed by atoms with van der Waals surface area (Å²) in [4.78, 5) is 25.4. The molecule has 1 N–H and O–H groups in total. The van der Waals surface area contributed by atoms with Crippen LogP contribution >= 0.6 is 11.3 Å². The lowest BCUT2D eigenvalue weighted by atomic mass is 10.0. The molecular weight excluding hydrogens is 434 g/mol. The van der Waals surface area contributed by atoms with Gasteiger partial charge < -0.3 is 9.84 Å². The van der Waals surface area contributed by atoms with Crippen molar-refractivity contribution < 1.29 is 14.6 Å². The molecule has 6 nitrogen and oxygen atoms in total. The molecule has 7 heteroatoms. The van der Waals surface area contributed by atoms with Crippen LogP contribution in [0.4, 0.5) is 0 Å². The molecule has 2 aromatic carbocycles. The molecule has 0 spiro atoms. The summed E-state index contributed by atoms with van der Waals surface area (Å²) in [6.07, 6.45) is 4.86. The first-order chi connectivity index (χ1) is 16.0. The van der Waals surface area contributed by atoms with Crippen molar-refractivity contribution in [3.05, 3.63) is 82.6 Å². The van der Waals surface area contributed by atoms with E-state index in [0.29, 0.717) is 18.9 Å². The zero-order chi connectivity index (χ0) is 23.2. The number of carbonyl (C=O) groups is 1. The van der Waals surface area contributed by atoms with E-state index in [1.807, 2.05) is 37.3 Å². The molecule has 33 heavy (non-hydrogen) atoms. The number of carboxylic acid groups (broad SMARTS) is 1. The van der Waals surface area contributed by atoms with Crippen molar-refractivity contribution in [2.45, 2.75) is 33.1 Å². The summed E-state index contributed by atoms with van der Waals surface area (Å²) in [5.41, 5.74) is 5.17. The van der Waals surface area contributed by atoms with E-state index in [-0.39, 0.29) is 6.42 Å². The number of hydrogen-bond donors (Lipinski definition) is 1. The molecule has 0 unspecified atom stereocenters. The van der Waals surface area contributed by atoms with Gasteiger partial charge in [-0.05, 0) is 49.6 Å². The zero-order valence-corrected chi connectivity index (χ0v) is 19.4. The highest BCUT2D eigenvalue weighted by Crippen LogP contribution is 2.29. The van der Waals surface area contributed by atoms with Crippen LogP contribution in [0.3, 0.4) is 0 Å². The van der Waals surface area contributed by atoms with Gasteiger partial charge in [0.2, 0.25) is 0 Å². The minimum Gasteiger partial charge on any atom is -0.493 e. The molecule has 0 saturated carbocycles. The first kappa shape index (κ1) is 22.6. The van der Waals surface area contributed by atoms with Gasteiger partial charge in [-0.1, -0.05) is 30.3 Å². The lowest BCUT2D eigenvalue weighted by Crippen LogP contribution is -2.04. The predicted molar refractivity (Wildman–Crippen MR) is 130 cm³/mol. The van der Waals surface area contributed by atoms with E-state index >= 15 is 0 Å². The quantitative estimate of drug-likeness (QED) is 0.355. The van der Waals surface area contributed by atoms with Gasteiger partial charge in [-0.3, -0.25) is 4.79 Å². The summed E-state index contributed by atoms with van der Waals surface area (Å²) in [6.45, 7) is 4.60. The monoisotopic (exact) mass is 459 g/mol. The number of aromatic nitrogens is 3. The maximum absolute atomic E-state index is 10.8. The standard InChI is InChI=1S/C26H25N3O3S/c1-17-16-22(10-8-19(17)9-11-24(30)31)32-15-12-23-18(2)33-26(29-23)21-6-4-20(5-7-21)25-27-13-3-14-28-25/h3-8,10,13-14,16H,9,11-12,15H2,1-2H3,(H,30,31). The number of rotatable bonds is 9. The Morgan fingerprint density at radius 2 is 1.73 bits per heavy atom. The number of nitrogens with zero attached hydrogens (tertiary/aromatic N) is 3. The summed E-state index contributed by atoms with van der Waals surface area (Å²) in [7, 11) is 0. The fourth-order valence-corrected chi connectivity index (χ4v) is 4.50. The lowest BCUT2D eigenvalue weighted by molar-refractivity contribution is -0.136. The molecule has 0 fully saturated rings. The Bertz CT molecular complexity index is 1240. The van der Waals surface area contributed by atoms with E-state index in [9.17, 15) is 4.79 Å². The first-order valence-electron chi connectivity index (χ1n) is 10.8. The van der Waals surface area contributed by atoms with Crippen LogP contribution in [0.2, 0.25) is 0 Å². The third-order valence-corrected chi connectivity index (χ3v) is 6.44. The van der Waals surface area contributed by atoms with Crippen molar-refractivity contribution in [2.24, 2.45) is 0 Å². The molecule has 0 aliphatic carbocycles. The SMILES string of the molecule is Cc1cc(OCCc2nc(-c3ccc(-c4ncccn4)cc3)sc2C)ccc1CCC(=O)O. The van der Waals surface area contributed by atoms with Crippen LogP contribution in [-0.2, 0) is 17.6 Å². The molecule has 4 rings (SSSR count). The average Bonchev–Trinajstić information content (AvgIpc) is 3.19. The molecular formula is C26H25N3O3S. The zero-order valence-electron chi connectivity index (χ0n) is 18.6. The Balaban J connectivity index is 1.36. The van der Waals surface area contributed by atoms with E-state index in [1.54, 1.807) is 29.8 Å². The van der Waals surface area contributed by atoms with Crippen LogP contribution in [0.1, 0.15) is 28.1 Å². The van der Waals surface area contributed by atoms with Crippen LogP contribution in [0.15, 0.2) is 60.9 Å². The van der Waals surface area contributed by atoms with Gasteiger partial charge in [-0.15, -0.1) is 11.3 Å². The lowest BCUT2D eigenvalue weighted by Gasteiger charge is -2.09. The van der Waals surface area contributed by atoms with Crippen molar-refractivity contribution in [1.82, 2.24) is 15.0 Å². The minimum atomic E-state index is -0.783. The van der Waals surface area contributed by atoms with Gasteiger partial charge in [0.25, 0.3) is 0 Å². The number of hydrogen-bond acceptors (Lipinski definition) is 6. The normalized spacial score (nSPS) is 10.8. The molecule has 0 aliphatic heterocycles. The number of ether oxygens (including phenoxy) is 1. The number of carboxylic acids is 1. The van der Waals surface area contributed by atoms with Crippen molar-refractivity contribution in [2.75, 3.05) is 6.61 Å². The fourth-order valence-electron chi connectivity index (χ4n) is 3.54. The summed E-state index contributed by atoms with van der Waals surface area (Å²) in [6, 6.07) is 15.8. The minimum absolute atomic E-state index is 0.134. The molecule has 4 aromatic rings. The Kier molecular flexibility index (Phi) is 7.10. The topological polar surface area (TPSA) is 85.2 Å². The highest BCUT2D eigenvalue weighted by molar-refractivity contribution is 7.15. The molecule has 2 aromatic heterocycles. The smallest absolute Gasteiger partial charge is 0.303 e. The number of aryl methyl sites for hydroxylation is 3. The molecule has 0 radical (unpaired) electrons. The fraction of sp³-hybridized carbons (Fsp3) is 0.231. The Morgan fingerprint density at radius 3 is 2.42 bits per heavy atom. The van der Waals surface area contributed by atoms with Crippen LogP contribution in [-0.4, -0.2) is 32.6 Å². The third kappa shape index (κ3) is 5.81. The van der Waals surface area contributed by atoms with Gasteiger partial charge in [0, 0.05) is 41.2 Å². The second kappa shape index (κ2) is 10.4. The number of thiazole rings is 1. The van der Waals surface area contributed by atoms with Crippen molar-refractivity contribution in [3.63, 3.8) is 0 Å². The average molecular weight is 460 g/mol. The van der Waals surface area contributed by atoms with Gasteiger partial charge >= 0.3 is 5.97 Å². The highest BCUT2D eigenvalue weighted by atomic mass is 32.1. The van der Waals surface area contributed by atoms with Crippen LogP contribution in [0.25, 0.3) is 22.0 Å². The van der Waals surface area contributed by atoms with E-state index < -0.39 is 5.97 Å². The largest absolute Gasteiger partial charge is 0.493 e. The molecule has 0 bridgehead atoms. The van der Waals surface area contributed by atoms with E-state index in [4.69, 9.17) is 14.8 Å². The van der Waals surface area contributed by atoms with Gasteiger partial charge in [-0.2, -0.15) is 0 Å². The molecule has 0 saturated heterocycles. The molecule has 2 heterocycles. The van der Waals surface area contributed by atoms with Crippen LogP contribution in [0, 0.1) is 13.8 Å². The summed E-state index contributed by atoms with van der Waals surface area (Å²) in [5, 5.41) is 9.85. The molecule has 0 amide bonds. The molecule has 168 valence electrons. The third-order valence-electron chi connectivity index (χ3n) is 5.38. The summed E-state index contributed by atoms with van der Waals surface area (Å²) < 4.78 is 5.94. The first-order valence-corrected chi connectivity index (χ1v) is 11.6. The molecule has 0 atom stereocenters. The van der Waals surface area contributed by atoms with Gasteiger partial charge in [0.1, 0.15) is 10.8 Å². The Hall–Kier alpha value is -3.58. The highest BCUT2D eigenvalue weighted by Gasteiger charge is 2.11. The van der Waals surface area contributed by atoms with Crippen LogP contribution < -0.4 is 4.74 Å². The maximum atomic E-state index is 10.8. The molecule has 0 aliphatic rings. The number of benzene rings is 2. The van der Waals surface area contributed by atoms with E-state index in [2.05, 4.69) is 29.0 Å². The second-order valence-electron chi connectivity index (χ2n) is 7.75. The Labute approximate surface area is 197 Å². The summed E-state index contributed by atoms with van der Waals surface area (Å²) >= 11 is 1.68. The maximum Gasteiger partial charge on any atom is 0.303 e. The van der Waals surface area contributed by atoms with Crippen molar-refractivity contribution in [1.29, 1.82) is 0 Å². The van der Waals surface area contributed by atoms with Crippen LogP contribution in [0.5, 0.6) is 5.75 Å². The van der Waals surface area contributed by atoms with Gasteiger partial charge in [0.05, 0.1) is 12.3 Å². The second-order valence-corrected chi connectivity index (χ2v) is 8.96. The Morgan fingerprint density at radius 1 is 1.00 bits per heavy atom. The van der Waals surface area contributed by atoms with E-state index in [0.717, 1.165) is 45.1 Å². The van der Waals surface area contributed by atoms with Gasteiger partial charge in [0.15, 0.2) is 5.82 Å². The van der Waals surface area contributed by atoms with E-state index in [1.165, 1.54) is 4.88 Å².